The molecular weight excluding hydrogens is 307 g/mol. The van der Waals surface area contributed by atoms with Crippen molar-refractivity contribution in [1.82, 2.24) is 8.90 Å². The van der Waals surface area contributed by atoms with E-state index in [1.807, 2.05) is 0 Å². The van der Waals surface area contributed by atoms with Gasteiger partial charge in [-0.3, -0.25) is 4.79 Å². The highest BCUT2D eigenvalue weighted by molar-refractivity contribution is 7.50. The van der Waals surface area contributed by atoms with E-state index in [0.717, 1.165) is 6.20 Å². The van der Waals surface area contributed by atoms with Crippen LogP contribution in [0, 0.1) is 6.92 Å². The largest absolute Gasteiger partial charge is 0.437 e. The van der Waals surface area contributed by atoms with Crippen molar-refractivity contribution >= 4 is 7.75 Å². The molecule has 1 unspecified atom stereocenters. The van der Waals surface area contributed by atoms with Gasteiger partial charge in [-0.1, -0.05) is 0 Å². The first-order chi connectivity index (χ1) is 9.66. The van der Waals surface area contributed by atoms with Crippen LogP contribution in [0.1, 0.15) is 18.2 Å². The molecule has 0 spiro atoms. The molecule has 4 N–H and O–H groups in total. The number of hydrogen-bond donors (Lipinski definition) is 4. The topological polar surface area (TPSA) is 151 Å². The number of aromatic nitrogens is 2. The predicted molar refractivity (Wildman–Crippen MR) is 68.8 cm³/mol. The molecule has 1 aromatic rings. The summed E-state index contributed by atoms with van der Waals surface area (Å²) >= 11 is 0. The zero-order chi connectivity index (χ0) is 15.9. The molecule has 1 aliphatic heterocycles. The summed E-state index contributed by atoms with van der Waals surface area (Å²) in [6.45, 7) is 0.782. The van der Waals surface area contributed by atoms with Gasteiger partial charge in [-0.15, -0.1) is 0 Å². The lowest BCUT2D eigenvalue weighted by atomic mass is 10.2. The van der Waals surface area contributed by atoms with Gasteiger partial charge in [-0.2, -0.15) is 0 Å². The van der Waals surface area contributed by atoms with Gasteiger partial charge in [0.05, 0.1) is 12.7 Å². The Morgan fingerprint density at radius 3 is 2.52 bits per heavy atom. The third kappa shape index (κ3) is 2.86. The Bertz CT molecular complexity index is 704. The van der Waals surface area contributed by atoms with E-state index in [1.165, 1.54) is 6.92 Å². The molecule has 11 heteroatoms. The second-order valence-corrected chi connectivity index (χ2v) is 6.20. The molecular formula is C10H15N2O8P. The molecule has 1 aromatic heterocycles. The van der Waals surface area contributed by atoms with Crippen molar-refractivity contribution in [3.05, 3.63) is 32.6 Å². The molecule has 1 saturated heterocycles. The Hall–Kier alpha value is -1.29. The average Bonchev–Trinajstić information content (AvgIpc) is 2.73. The summed E-state index contributed by atoms with van der Waals surface area (Å²) in [6, 6.07) is 0. The van der Waals surface area contributed by atoms with Crippen LogP contribution in [-0.4, -0.2) is 47.7 Å². The number of aliphatic hydroxyl groups is 2. The molecule has 0 amide bonds. The van der Waals surface area contributed by atoms with Crippen LogP contribution in [0.4, 0.5) is 0 Å². The first kappa shape index (κ1) is 16.1. The van der Waals surface area contributed by atoms with Crippen molar-refractivity contribution in [1.29, 1.82) is 0 Å². The van der Waals surface area contributed by atoms with E-state index in [9.17, 15) is 19.3 Å². The minimum Gasteiger partial charge on any atom is -0.394 e. The molecule has 1 aliphatic rings. The van der Waals surface area contributed by atoms with Gasteiger partial charge in [0, 0.05) is 18.2 Å². The summed E-state index contributed by atoms with van der Waals surface area (Å²) in [4.78, 5) is 42.4. The molecule has 10 nitrogen and oxygen atoms in total. The molecule has 0 radical (unpaired) electrons. The Morgan fingerprint density at radius 2 is 2.05 bits per heavy atom. The molecule has 118 valence electrons. The van der Waals surface area contributed by atoms with Crippen molar-refractivity contribution in [3.63, 3.8) is 0 Å². The zero-order valence-corrected chi connectivity index (χ0v) is 11.9. The second-order valence-electron chi connectivity index (χ2n) is 4.74. The highest BCUT2D eigenvalue weighted by atomic mass is 31.2. The fraction of sp³-hybridized carbons (Fsp3) is 0.600. The molecule has 0 saturated carbocycles. The van der Waals surface area contributed by atoms with Gasteiger partial charge in [-0.05, 0) is 6.92 Å². The van der Waals surface area contributed by atoms with E-state index in [0.29, 0.717) is 4.57 Å². The lowest BCUT2D eigenvalue weighted by Gasteiger charge is -2.17. The van der Waals surface area contributed by atoms with E-state index >= 15 is 0 Å². The number of aryl methyl sites for hydroxylation is 1. The molecule has 3 atom stereocenters. The minimum atomic E-state index is -4.93. The number of hydrogen-bond acceptors (Lipinski definition) is 6. The van der Waals surface area contributed by atoms with Crippen LogP contribution < -0.4 is 11.2 Å². The summed E-state index contributed by atoms with van der Waals surface area (Å²) in [5, 5.41) is 18.6. The molecule has 0 aromatic carbocycles. The summed E-state index contributed by atoms with van der Waals surface area (Å²) in [5.41, 5.74) is -2.08. The van der Waals surface area contributed by atoms with E-state index < -0.39 is 44.0 Å². The SMILES string of the molecule is Cc1cn(P(=O)(O)O)c(=O)n(C2C[C@H](O)[C@@H](CO)O2)c1=O. The zero-order valence-electron chi connectivity index (χ0n) is 11.0. The summed E-state index contributed by atoms with van der Waals surface area (Å²) in [5.74, 6) is 0. The summed E-state index contributed by atoms with van der Waals surface area (Å²) in [7, 11) is -4.93. The Balaban J connectivity index is 2.60. The van der Waals surface area contributed by atoms with Gasteiger partial charge in [-0.25, -0.2) is 18.3 Å². The second kappa shape index (κ2) is 5.48. The van der Waals surface area contributed by atoms with Gasteiger partial charge in [0.1, 0.15) is 12.3 Å². The van der Waals surface area contributed by atoms with E-state index in [4.69, 9.17) is 19.6 Å². The van der Waals surface area contributed by atoms with Crippen LogP contribution in [0.3, 0.4) is 0 Å². The predicted octanol–water partition coefficient (Wildman–Crippen LogP) is -2.10. The molecule has 0 aliphatic carbocycles. The number of aliphatic hydroxyl groups excluding tert-OH is 2. The molecule has 0 bridgehead atoms. The summed E-state index contributed by atoms with van der Waals surface area (Å²) < 4.78 is 17.2. The summed E-state index contributed by atoms with van der Waals surface area (Å²) in [6.07, 6.45) is -2.63. The van der Waals surface area contributed by atoms with E-state index in [-0.39, 0.29) is 16.3 Å². The standard InChI is InChI=1S/C10H15N2O8P/c1-5-3-11(21(17,18)19)10(16)12(9(5)15)8-2-6(14)7(4-13)20-8/h3,6-8,13-14H,2,4H2,1H3,(H2,17,18,19)/t6-,7+,8?/m0/s1. The van der Waals surface area contributed by atoms with Crippen molar-refractivity contribution in [2.75, 3.05) is 6.61 Å². The molecule has 2 heterocycles. The highest BCUT2D eigenvalue weighted by Crippen LogP contribution is 2.34. The lowest BCUT2D eigenvalue weighted by molar-refractivity contribution is -0.0471. The average molecular weight is 322 g/mol. The molecule has 1 fully saturated rings. The first-order valence-electron chi connectivity index (χ1n) is 6.02. The van der Waals surface area contributed by atoms with Gasteiger partial charge in [0.2, 0.25) is 0 Å². The fourth-order valence-electron chi connectivity index (χ4n) is 2.16. The highest BCUT2D eigenvalue weighted by Gasteiger charge is 2.37. The third-order valence-corrected chi connectivity index (χ3v) is 4.07. The molecule has 21 heavy (non-hydrogen) atoms. The number of ether oxygens (including phenoxy) is 1. The lowest BCUT2D eigenvalue weighted by Crippen LogP contribution is -2.42. The Morgan fingerprint density at radius 1 is 1.43 bits per heavy atom. The van der Waals surface area contributed by atoms with Gasteiger partial charge in [0.25, 0.3) is 5.56 Å². The van der Waals surface area contributed by atoms with E-state index in [1.54, 1.807) is 0 Å². The van der Waals surface area contributed by atoms with Gasteiger partial charge in [0.15, 0.2) is 0 Å². The third-order valence-electron chi connectivity index (χ3n) is 3.23. The van der Waals surface area contributed by atoms with Crippen LogP contribution in [0.15, 0.2) is 15.8 Å². The number of nitrogens with zero attached hydrogens (tertiary/aromatic N) is 2. The normalized spacial score (nSPS) is 26.2. The maximum absolute atomic E-state index is 12.1. The maximum atomic E-state index is 12.1. The maximum Gasteiger partial charge on any atom is 0.437 e. The molecule has 2 rings (SSSR count). The van der Waals surface area contributed by atoms with Crippen molar-refractivity contribution in [2.45, 2.75) is 31.8 Å². The van der Waals surface area contributed by atoms with Crippen molar-refractivity contribution < 1.29 is 29.3 Å². The van der Waals surface area contributed by atoms with E-state index in [2.05, 4.69) is 0 Å². The first-order valence-corrected chi connectivity index (χ1v) is 7.59. The Labute approximate surface area is 118 Å². The van der Waals surface area contributed by atoms with Crippen LogP contribution in [0.2, 0.25) is 0 Å². The van der Waals surface area contributed by atoms with Crippen molar-refractivity contribution in [2.24, 2.45) is 0 Å². The quantitative estimate of drug-likeness (QED) is 0.462. The van der Waals surface area contributed by atoms with Crippen molar-refractivity contribution in [3.8, 4) is 0 Å². The van der Waals surface area contributed by atoms with Crippen LogP contribution in [0.5, 0.6) is 0 Å². The van der Waals surface area contributed by atoms with Crippen LogP contribution in [-0.2, 0) is 9.30 Å². The van der Waals surface area contributed by atoms with Crippen LogP contribution >= 0.6 is 7.75 Å². The van der Waals surface area contributed by atoms with Gasteiger partial charge >= 0.3 is 13.4 Å². The fourth-order valence-corrected chi connectivity index (χ4v) is 2.80. The van der Waals surface area contributed by atoms with Crippen LogP contribution in [0.25, 0.3) is 0 Å². The number of rotatable bonds is 3. The minimum absolute atomic E-state index is 0.0662. The van der Waals surface area contributed by atoms with Gasteiger partial charge < -0.3 is 24.7 Å². The Kier molecular flexibility index (Phi) is 4.20. The monoisotopic (exact) mass is 322 g/mol. The smallest absolute Gasteiger partial charge is 0.394 e.